The molecule has 0 radical (unpaired) electrons. The molecule has 3 N–H and O–H groups in total. The topological polar surface area (TPSA) is 88.1 Å². The predicted octanol–water partition coefficient (Wildman–Crippen LogP) is 0.379. The van der Waals surface area contributed by atoms with Crippen LogP contribution in [0.5, 0.6) is 0 Å². The van der Waals surface area contributed by atoms with Crippen molar-refractivity contribution in [3.63, 3.8) is 0 Å². The molecule has 1 saturated heterocycles. The fraction of sp³-hybridized carbons (Fsp3) is 0.588. The molecule has 8 nitrogen and oxygen atoms in total. The van der Waals surface area contributed by atoms with Crippen molar-refractivity contribution >= 4 is 11.8 Å². The largest absolute Gasteiger partial charge is 0.368 e. The van der Waals surface area contributed by atoms with Crippen LogP contribution in [-0.2, 0) is 19.6 Å². The van der Waals surface area contributed by atoms with Crippen molar-refractivity contribution in [2.45, 2.75) is 33.0 Å². The fourth-order valence-electron chi connectivity index (χ4n) is 3.60. The summed E-state index contributed by atoms with van der Waals surface area (Å²) in [6.07, 6.45) is 1.15. The van der Waals surface area contributed by atoms with E-state index in [1.54, 1.807) is 0 Å². The number of aromatic nitrogens is 4. The number of fused-ring (bicyclic) bond motifs is 1. The molecule has 0 unspecified atom stereocenters. The minimum atomic E-state index is 0.352. The quantitative estimate of drug-likeness (QED) is 0.833. The van der Waals surface area contributed by atoms with Gasteiger partial charge in [-0.15, -0.1) is 0 Å². The standard InChI is InChI=1S/C17H26N8/c1-13-9-16(21-17(18)20-13)24-7-5-23(6-8-24)12-14-10-15-11-19-3-2-4-25(15)22-14/h9-10,19H,2-8,11-12H2,1H3,(H2,18,20,21). The summed E-state index contributed by atoms with van der Waals surface area (Å²) in [7, 11) is 0. The maximum absolute atomic E-state index is 5.78. The van der Waals surface area contributed by atoms with Gasteiger partial charge in [-0.2, -0.15) is 10.1 Å². The number of nitrogens with zero attached hydrogens (tertiary/aromatic N) is 6. The minimum absolute atomic E-state index is 0.352. The third-order valence-electron chi connectivity index (χ3n) is 4.88. The number of nitrogens with two attached hydrogens (primary N) is 1. The molecule has 0 saturated carbocycles. The summed E-state index contributed by atoms with van der Waals surface area (Å²) in [5, 5.41) is 8.24. The lowest BCUT2D eigenvalue weighted by molar-refractivity contribution is 0.245. The Morgan fingerprint density at radius 1 is 1.12 bits per heavy atom. The van der Waals surface area contributed by atoms with E-state index in [1.165, 1.54) is 11.4 Å². The molecule has 0 aromatic carbocycles. The summed E-state index contributed by atoms with van der Waals surface area (Å²) in [6, 6.07) is 4.25. The van der Waals surface area contributed by atoms with Gasteiger partial charge in [-0.3, -0.25) is 9.58 Å². The number of aryl methyl sites for hydroxylation is 2. The third kappa shape index (κ3) is 3.74. The van der Waals surface area contributed by atoms with Crippen molar-refractivity contribution in [1.82, 2.24) is 30.0 Å². The lowest BCUT2D eigenvalue weighted by atomic mass is 10.2. The Hall–Kier alpha value is -2.19. The normalized spacial score (nSPS) is 18.8. The van der Waals surface area contributed by atoms with E-state index < -0.39 is 0 Å². The minimum Gasteiger partial charge on any atom is -0.368 e. The molecule has 2 aliphatic rings. The number of hydrogen-bond acceptors (Lipinski definition) is 7. The molecule has 0 atom stereocenters. The molecule has 0 spiro atoms. The van der Waals surface area contributed by atoms with Gasteiger partial charge >= 0.3 is 0 Å². The molecule has 4 heterocycles. The Balaban J connectivity index is 1.36. The van der Waals surface area contributed by atoms with Gasteiger partial charge in [0.25, 0.3) is 0 Å². The first-order valence-corrected chi connectivity index (χ1v) is 9.02. The van der Waals surface area contributed by atoms with E-state index in [2.05, 4.69) is 35.8 Å². The van der Waals surface area contributed by atoms with Crippen LogP contribution in [0.2, 0.25) is 0 Å². The SMILES string of the molecule is Cc1cc(N2CCN(Cc3cc4n(n3)CCCNC4)CC2)nc(N)n1. The van der Waals surface area contributed by atoms with E-state index >= 15 is 0 Å². The van der Waals surface area contributed by atoms with Crippen LogP contribution in [0, 0.1) is 6.92 Å². The zero-order valence-corrected chi connectivity index (χ0v) is 14.8. The van der Waals surface area contributed by atoms with E-state index in [9.17, 15) is 0 Å². The lowest BCUT2D eigenvalue weighted by Gasteiger charge is -2.35. The van der Waals surface area contributed by atoms with Gasteiger partial charge in [-0.25, -0.2) is 4.98 Å². The van der Waals surface area contributed by atoms with Crippen LogP contribution in [-0.4, -0.2) is 57.4 Å². The highest BCUT2D eigenvalue weighted by atomic mass is 15.3. The molecule has 8 heteroatoms. The Morgan fingerprint density at radius 3 is 2.76 bits per heavy atom. The highest BCUT2D eigenvalue weighted by molar-refractivity contribution is 5.43. The van der Waals surface area contributed by atoms with E-state index in [-0.39, 0.29) is 0 Å². The zero-order chi connectivity index (χ0) is 17.2. The number of hydrogen-bond donors (Lipinski definition) is 2. The summed E-state index contributed by atoms with van der Waals surface area (Å²) in [4.78, 5) is 13.3. The molecule has 134 valence electrons. The molecule has 0 aliphatic carbocycles. The van der Waals surface area contributed by atoms with E-state index in [0.717, 1.165) is 70.3 Å². The summed E-state index contributed by atoms with van der Waals surface area (Å²) >= 11 is 0. The van der Waals surface area contributed by atoms with Crippen LogP contribution < -0.4 is 16.0 Å². The van der Waals surface area contributed by atoms with Gasteiger partial charge < -0.3 is 16.0 Å². The summed E-state index contributed by atoms with van der Waals surface area (Å²) in [5.74, 6) is 1.29. The van der Waals surface area contributed by atoms with Crippen molar-refractivity contribution in [1.29, 1.82) is 0 Å². The van der Waals surface area contributed by atoms with Crippen LogP contribution in [0.25, 0.3) is 0 Å². The van der Waals surface area contributed by atoms with Crippen LogP contribution in [0.1, 0.15) is 23.5 Å². The van der Waals surface area contributed by atoms with Crippen LogP contribution in [0.4, 0.5) is 11.8 Å². The maximum Gasteiger partial charge on any atom is 0.222 e. The number of anilines is 2. The van der Waals surface area contributed by atoms with E-state index in [4.69, 9.17) is 10.8 Å². The lowest BCUT2D eigenvalue weighted by Crippen LogP contribution is -2.46. The van der Waals surface area contributed by atoms with Crippen LogP contribution in [0.15, 0.2) is 12.1 Å². The molecule has 2 aliphatic heterocycles. The van der Waals surface area contributed by atoms with E-state index in [0.29, 0.717) is 5.95 Å². The van der Waals surface area contributed by atoms with E-state index in [1.807, 2.05) is 13.0 Å². The van der Waals surface area contributed by atoms with Crippen molar-refractivity contribution in [3.05, 3.63) is 29.2 Å². The Bertz CT molecular complexity index is 688. The highest BCUT2D eigenvalue weighted by Gasteiger charge is 2.20. The highest BCUT2D eigenvalue weighted by Crippen LogP contribution is 2.17. The maximum atomic E-state index is 5.78. The van der Waals surface area contributed by atoms with Gasteiger partial charge in [0.05, 0.1) is 11.4 Å². The Morgan fingerprint density at radius 2 is 1.96 bits per heavy atom. The summed E-state index contributed by atoms with van der Waals surface area (Å²) in [5.41, 5.74) is 9.17. The molecule has 1 fully saturated rings. The van der Waals surface area contributed by atoms with Crippen LogP contribution >= 0.6 is 0 Å². The molecule has 2 aromatic rings. The monoisotopic (exact) mass is 342 g/mol. The average molecular weight is 342 g/mol. The number of piperazine rings is 1. The molecule has 0 bridgehead atoms. The molecule has 2 aromatic heterocycles. The summed E-state index contributed by atoms with van der Waals surface area (Å²) < 4.78 is 2.16. The smallest absolute Gasteiger partial charge is 0.222 e. The van der Waals surface area contributed by atoms with Crippen molar-refractivity contribution in [2.24, 2.45) is 0 Å². The third-order valence-corrected chi connectivity index (χ3v) is 4.88. The molecule has 25 heavy (non-hydrogen) atoms. The fourth-order valence-corrected chi connectivity index (χ4v) is 3.60. The van der Waals surface area contributed by atoms with Gasteiger partial charge in [0, 0.05) is 57.6 Å². The average Bonchev–Trinajstić information content (AvgIpc) is 2.83. The van der Waals surface area contributed by atoms with Crippen molar-refractivity contribution in [2.75, 3.05) is 43.4 Å². The Kier molecular flexibility index (Phi) is 4.54. The molecule has 4 rings (SSSR count). The van der Waals surface area contributed by atoms with Gasteiger partial charge in [-0.05, 0) is 26.0 Å². The van der Waals surface area contributed by atoms with Crippen LogP contribution in [0.3, 0.4) is 0 Å². The van der Waals surface area contributed by atoms with Gasteiger partial charge in [-0.1, -0.05) is 0 Å². The molecular weight excluding hydrogens is 316 g/mol. The first-order chi connectivity index (χ1) is 12.2. The van der Waals surface area contributed by atoms with Crippen molar-refractivity contribution < 1.29 is 0 Å². The zero-order valence-electron chi connectivity index (χ0n) is 14.8. The summed E-state index contributed by atoms with van der Waals surface area (Å²) in [6.45, 7) is 9.80. The first-order valence-electron chi connectivity index (χ1n) is 9.02. The second-order valence-corrected chi connectivity index (χ2v) is 6.87. The second kappa shape index (κ2) is 6.97. The van der Waals surface area contributed by atoms with Crippen molar-refractivity contribution in [3.8, 4) is 0 Å². The molecular formula is C17H26N8. The number of nitrogens with one attached hydrogen (secondary N) is 1. The van der Waals surface area contributed by atoms with Gasteiger partial charge in [0.15, 0.2) is 0 Å². The second-order valence-electron chi connectivity index (χ2n) is 6.87. The predicted molar refractivity (Wildman–Crippen MR) is 97.2 cm³/mol. The molecule has 0 amide bonds. The Labute approximate surface area is 148 Å². The number of nitrogen functional groups attached to an aromatic ring is 1. The van der Waals surface area contributed by atoms with Gasteiger partial charge in [0.1, 0.15) is 5.82 Å². The van der Waals surface area contributed by atoms with Gasteiger partial charge in [0.2, 0.25) is 5.95 Å². The first kappa shape index (κ1) is 16.3. The number of rotatable bonds is 3.